The molecule has 5 heteroatoms. The van der Waals surface area contributed by atoms with E-state index in [9.17, 15) is 9.18 Å². The van der Waals surface area contributed by atoms with E-state index >= 15 is 0 Å². The van der Waals surface area contributed by atoms with E-state index < -0.39 is 11.8 Å². The maximum Gasteiger partial charge on any atom is 0.337 e. The molecule has 0 spiro atoms. The molecule has 2 rings (SSSR count). The number of carboxylic acids is 1. The second-order valence-electron chi connectivity index (χ2n) is 3.33. The monoisotopic (exact) mass is 239 g/mol. The molecular formula is C11H7ClFNO2. The van der Waals surface area contributed by atoms with Crippen LogP contribution in [-0.4, -0.2) is 16.1 Å². The number of aromatic carboxylic acids is 1. The quantitative estimate of drug-likeness (QED) is 0.832. The summed E-state index contributed by atoms with van der Waals surface area (Å²) < 4.78 is 13.4. The van der Waals surface area contributed by atoms with Crippen molar-refractivity contribution in [1.82, 2.24) is 4.98 Å². The lowest BCUT2D eigenvalue weighted by Gasteiger charge is -2.07. The first-order valence-corrected chi connectivity index (χ1v) is 4.87. The predicted octanol–water partition coefficient (Wildman–Crippen LogP) is 3.03. The van der Waals surface area contributed by atoms with Crippen LogP contribution in [0.4, 0.5) is 4.39 Å². The molecule has 1 aromatic heterocycles. The fourth-order valence-electron chi connectivity index (χ4n) is 1.56. The minimum absolute atomic E-state index is 0.0294. The fraction of sp³-hybridized carbons (Fsp3) is 0.0909. The molecule has 0 saturated heterocycles. The van der Waals surface area contributed by atoms with Crippen LogP contribution in [0.25, 0.3) is 10.9 Å². The number of rotatable bonds is 1. The van der Waals surface area contributed by atoms with Crippen molar-refractivity contribution in [3.8, 4) is 0 Å². The van der Waals surface area contributed by atoms with Crippen molar-refractivity contribution >= 4 is 28.5 Å². The van der Waals surface area contributed by atoms with Gasteiger partial charge in [0.15, 0.2) is 0 Å². The highest BCUT2D eigenvalue weighted by Gasteiger charge is 2.18. The maximum absolute atomic E-state index is 13.4. The highest BCUT2D eigenvalue weighted by molar-refractivity contribution is 6.35. The number of pyridine rings is 1. The van der Waals surface area contributed by atoms with Crippen molar-refractivity contribution in [2.45, 2.75) is 6.92 Å². The molecule has 3 nitrogen and oxygen atoms in total. The smallest absolute Gasteiger partial charge is 0.337 e. The van der Waals surface area contributed by atoms with Gasteiger partial charge in [0.2, 0.25) is 0 Å². The Morgan fingerprint density at radius 3 is 2.81 bits per heavy atom. The predicted molar refractivity (Wildman–Crippen MR) is 58.4 cm³/mol. The van der Waals surface area contributed by atoms with Crippen LogP contribution in [0.15, 0.2) is 18.2 Å². The van der Waals surface area contributed by atoms with Gasteiger partial charge in [0.25, 0.3) is 0 Å². The number of hydrogen-bond acceptors (Lipinski definition) is 2. The van der Waals surface area contributed by atoms with Gasteiger partial charge in [-0.25, -0.2) is 14.2 Å². The summed E-state index contributed by atoms with van der Waals surface area (Å²) in [5.74, 6) is -1.74. The first-order valence-electron chi connectivity index (χ1n) is 4.50. The van der Waals surface area contributed by atoms with E-state index in [1.54, 1.807) is 6.92 Å². The summed E-state index contributed by atoms with van der Waals surface area (Å²) in [7, 11) is 0. The van der Waals surface area contributed by atoms with Crippen LogP contribution in [0.2, 0.25) is 5.02 Å². The molecule has 0 atom stereocenters. The van der Waals surface area contributed by atoms with Crippen molar-refractivity contribution in [2.24, 2.45) is 0 Å². The van der Waals surface area contributed by atoms with E-state index in [0.717, 1.165) is 0 Å². The standard InChI is InChI=1S/C11H7ClFNO2/c1-5-9(12)8(11(15)16)6-3-2-4-7(13)10(6)14-5/h2-4H,1H3,(H,15,16). The first-order chi connectivity index (χ1) is 7.52. The van der Waals surface area contributed by atoms with Crippen molar-refractivity contribution in [3.05, 3.63) is 40.3 Å². The Labute approximate surface area is 95.5 Å². The van der Waals surface area contributed by atoms with E-state index in [4.69, 9.17) is 16.7 Å². The lowest BCUT2D eigenvalue weighted by Crippen LogP contribution is -2.03. The molecular weight excluding hydrogens is 233 g/mol. The molecule has 0 aliphatic carbocycles. The summed E-state index contributed by atoms with van der Waals surface area (Å²) in [5.41, 5.74) is 0.224. The van der Waals surface area contributed by atoms with Gasteiger partial charge in [-0.2, -0.15) is 0 Å². The zero-order valence-electron chi connectivity index (χ0n) is 8.29. The number of fused-ring (bicyclic) bond motifs is 1. The number of hydrogen-bond donors (Lipinski definition) is 1. The number of carbonyl (C=O) groups is 1. The molecule has 0 saturated carbocycles. The highest BCUT2D eigenvalue weighted by Crippen LogP contribution is 2.28. The molecule has 0 amide bonds. The third kappa shape index (κ3) is 1.51. The number of para-hydroxylation sites is 1. The molecule has 0 fully saturated rings. The summed E-state index contributed by atoms with van der Waals surface area (Å²) in [6.45, 7) is 1.54. The third-order valence-corrected chi connectivity index (χ3v) is 2.75. The fourth-order valence-corrected chi connectivity index (χ4v) is 1.78. The number of halogens is 2. The maximum atomic E-state index is 13.4. The molecule has 82 valence electrons. The summed E-state index contributed by atoms with van der Waals surface area (Å²) in [5, 5.41) is 9.30. The Kier molecular flexibility index (Phi) is 2.52. The molecule has 1 heterocycles. The molecule has 1 aromatic carbocycles. The van der Waals surface area contributed by atoms with E-state index in [2.05, 4.69) is 4.98 Å². The van der Waals surface area contributed by atoms with Gasteiger partial charge in [0.1, 0.15) is 11.3 Å². The topological polar surface area (TPSA) is 50.2 Å². The van der Waals surface area contributed by atoms with E-state index in [0.29, 0.717) is 5.69 Å². The molecule has 0 unspecified atom stereocenters. The van der Waals surface area contributed by atoms with Gasteiger partial charge in [0, 0.05) is 5.39 Å². The third-order valence-electron chi connectivity index (χ3n) is 2.29. The van der Waals surface area contributed by atoms with Crippen molar-refractivity contribution in [2.75, 3.05) is 0 Å². The number of aromatic nitrogens is 1. The Hall–Kier alpha value is -1.68. The average molecular weight is 240 g/mol. The van der Waals surface area contributed by atoms with Crippen LogP contribution in [-0.2, 0) is 0 Å². The summed E-state index contributed by atoms with van der Waals surface area (Å²) in [6, 6.07) is 4.14. The second-order valence-corrected chi connectivity index (χ2v) is 3.71. The van der Waals surface area contributed by atoms with Gasteiger partial charge >= 0.3 is 5.97 Å². The Morgan fingerprint density at radius 1 is 1.50 bits per heavy atom. The highest BCUT2D eigenvalue weighted by atomic mass is 35.5. The molecule has 0 aliphatic heterocycles. The average Bonchev–Trinajstić information content (AvgIpc) is 2.21. The van der Waals surface area contributed by atoms with Crippen LogP contribution in [0.3, 0.4) is 0 Å². The minimum atomic E-state index is -1.19. The SMILES string of the molecule is Cc1nc2c(F)cccc2c(C(=O)O)c1Cl. The van der Waals surface area contributed by atoms with Gasteiger partial charge < -0.3 is 5.11 Å². The van der Waals surface area contributed by atoms with Crippen LogP contribution in [0.5, 0.6) is 0 Å². The number of carboxylic acid groups (broad SMARTS) is 1. The van der Waals surface area contributed by atoms with E-state index in [1.165, 1.54) is 18.2 Å². The lowest BCUT2D eigenvalue weighted by atomic mass is 10.1. The zero-order chi connectivity index (χ0) is 11.9. The molecule has 2 aromatic rings. The number of aryl methyl sites for hydroxylation is 1. The molecule has 0 radical (unpaired) electrons. The number of benzene rings is 1. The van der Waals surface area contributed by atoms with Crippen LogP contribution in [0.1, 0.15) is 16.1 Å². The van der Waals surface area contributed by atoms with Gasteiger partial charge in [0.05, 0.1) is 16.3 Å². The van der Waals surface area contributed by atoms with Crippen LogP contribution in [0, 0.1) is 12.7 Å². The molecule has 1 N–H and O–H groups in total. The van der Waals surface area contributed by atoms with Crippen LogP contribution >= 0.6 is 11.6 Å². The number of nitrogens with zero attached hydrogens (tertiary/aromatic N) is 1. The summed E-state index contributed by atoms with van der Waals surface area (Å²) in [4.78, 5) is 15.0. The second kappa shape index (κ2) is 3.72. The van der Waals surface area contributed by atoms with Gasteiger partial charge in [-0.3, -0.25) is 0 Å². The normalized spacial score (nSPS) is 10.7. The molecule has 0 aliphatic rings. The van der Waals surface area contributed by atoms with Gasteiger partial charge in [-0.1, -0.05) is 23.7 Å². The van der Waals surface area contributed by atoms with Crippen LogP contribution < -0.4 is 0 Å². The summed E-state index contributed by atoms with van der Waals surface area (Å²) in [6.07, 6.45) is 0. The molecule has 16 heavy (non-hydrogen) atoms. The van der Waals surface area contributed by atoms with Crippen molar-refractivity contribution in [3.63, 3.8) is 0 Å². The lowest BCUT2D eigenvalue weighted by molar-refractivity contribution is 0.0699. The van der Waals surface area contributed by atoms with E-state index in [-0.39, 0.29) is 21.5 Å². The largest absolute Gasteiger partial charge is 0.478 e. The van der Waals surface area contributed by atoms with Gasteiger partial charge in [-0.05, 0) is 13.0 Å². The van der Waals surface area contributed by atoms with Crippen molar-refractivity contribution in [1.29, 1.82) is 0 Å². The Balaban J connectivity index is 3.00. The Bertz CT molecular complexity index is 598. The summed E-state index contributed by atoms with van der Waals surface area (Å²) >= 11 is 5.85. The zero-order valence-corrected chi connectivity index (χ0v) is 9.05. The minimum Gasteiger partial charge on any atom is -0.478 e. The van der Waals surface area contributed by atoms with Crippen molar-refractivity contribution < 1.29 is 14.3 Å². The van der Waals surface area contributed by atoms with E-state index in [1.807, 2.05) is 0 Å². The molecule has 0 bridgehead atoms. The van der Waals surface area contributed by atoms with Gasteiger partial charge in [-0.15, -0.1) is 0 Å². The Morgan fingerprint density at radius 2 is 2.19 bits per heavy atom. The first kappa shape index (κ1) is 10.8.